The van der Waals surface area contributed by atoms with Crippen molar-refractivity contribution in [2.75, 3.05) is 6.54 Å². The third-order valence-corrected chi connectivity index (χ3v) is 6.52. The Balaban J connectivity index is 1.27. The van der Waals surface area contributed by atoms with Crippen molar-refractivity contribution >= 4 is 11.8 Å². The average molecular weight is 445 g/mol. The van der Waals surface area contributed by atoms with Crippen LogP contribution in [-0.4, -0.2) is 26.4 Å². The average Bonchev–Trinajstić information content (AvgIpc) is 3.20. The van der Waals surface area contributed by atoms with Crippen LogP contribution in [0, 0.1) is 6.92 Å². The van der Waals surface area contributed by atoms with E-state index in [0.717, 1.165) is 47.8 Å². The molecule has 0 atom stereocenters. The fourth-order valence-electron chi connectivity index (χ4n) is 3.91. The molecule has 0 bridgehead atoms. The molecule has 162 valence electrons. The summed E-state index contributed by atoms with van der Waals surface area (Å²) in [5, 5.41) is 0.633. The topological polar surface area (TPSA) is 75.0 Å². The highest BCUT2D eigenvalue weighted by atomic mass is 32.2. The largest absolute Gasteiger partial charge is 0.441 e. The molecule has 1 N–H and O–H groups in total. The molecule has 4 aromatic rings. The standard InChI is InChI=1S/C25H24N4O2S/c1-17-22(26-24(31-17)19-10-6-3-7-11-19)16-32-25-27-21-12-13-29(15-20(21)23(30)28-25)14-18-8-4-2-5-9-18/h2-11H,12-16H2,1H3,(H,27,28,30). The molecule has 0 amide bonds. The van der Waals surface area contributed by atoms with Crippen LogP contribution in [0.3, 0.4) is 0 Å². The van der Waals surface area contributed by atoms with Gasteiger partial charge < -0.3 is 9.40 Å². The molecule has 0 saturated carbocycles. The zero-order chi connectivity index (χ0) is 21.9. The smallest absolute Gasteiger partial charge is 0.256 e. The molecule has 1 aliphatic heterocycles. The lowest BCUT2D eigenvalue weighted by atomic mass is 10.1. The van der Waals surface area contributed by atoms with E-state index < -0.39 is 0 Å². The minimum atomic E-state index is -0.0443. The number of thioether (sulfide) groups is 1. The molecule has 3 heterocycles. The first kappa shape index (κ1) is 20.7. The monoisotopic (exact) mass is 444 g/mol. The number of oxazole rings is 1. The lowest BCUT2D eigenvalue weighted by molar-refractivity contribution is 0.241. The van der Waals surface area contributed by atoms with Gasteiger partial charge in [-0.3, -0.25) is 9.69 Å². The van der Waals surface area contributed by atoms with E-state index in [9.17, 15) is 4.79 Å². The van der Waals surface area contributed by atoms with Crippen molar-refractivity contribution in [1.29, 1.82) is 0 Å². The van der Waals surface area contributed by atoms with Crippen molar-refractivity contribution < 1.29 is 4.42 Å². The zero-order valence-corrected chi connectivity index (χ0v) is 18.7. The molecule has 32 heavy (non-hydrogen) atoms. The fourth-order valence-corrected chi connectivity index (χ4v) is 4.79. The molecule has 0 fully saturated rings. The molecule has 1 aliphatic rings. The van der Waals surface area contributed by atoms with Crippen molar-refractivity contribution in [3.8, 4) is 11.5 Å². The maximum atomic E-state index is 12.8. The summed E-state index contributed by atoms with van der Waals surface area (Å²) in [6.45, 7) is 4.27. The summed E-state index contributed by atoms with van der Waals surface area (Å²) < 4.78 is 5.84. The number of fused-ring (bicyclic) bond motifs is 1. The maximum Gasteiger partial charge on any atom is 0.256 e. The van der Waals surface area contributed by atoms with Crippen molar-refractivity contribution in [2.24, 2.45) is 0 Å². The Hall–Kier alpha value is -3.16. The normalized spacial score (nSPS) is 13.8. The van der Waals surface area contributed by atoms with Gasteiger partial charge in [0, 0.05) is 37.4 Å². The summed E-state index contributed by atoms with van der Waals surface area (Å²) in [6.07, 6.45) is 0.779. The number of nitrogens with one attached hydrogen (secondary N) is 1. The van der Waals surface area contributed by atoms with Crippen molar-refractivity contribution in [3.63, 3.8) is 0 Å². The fraction of sp³-hybridized carbons (Fsp3) is 0.240. The lowest BCUT2D eigenvalue weighted by Gasteiger charge is -2.27. The third kappa shape index (κ3) is 4.54. The third-order valence-electron chi connectivity index (χ3n) is 5.63. The highest BCUT2D eigenvalue weighted by Gasteiger charge is 2.22. The minimum Gasteiger partial charge on any atom is -0.441 e. The number of aromatic nitrogens is 3. The van der Waals surface area contributed by atoms with Gasteiger partial charge in [0.2, 0.25) is 5.89 Å². The summed E-state index contributed by atoms with van der Waals surface area (Å²) in [5.74, 6) is 1.99. The van der Waals surface area contributed by atoms with Gasteiger partial charge in [0.15, 0.2) is 5.16 Å². The Kier molecular flexibility index (Phi) is 5.92. The molecule has 0 saturated heterocycles. The van der Waals surface area contributed by atoms with Gasteiger partial charge in [-0.2, -0.15) is 0 Å². The highest BCUT2D eigenvalue weighted by molar-refractivity contribution is 7.98. The molecule has 0 unspecified atom stereocenters. The van der Waals surface area contributed by atoms with Gasteiger partial charge in [-0.1, -0.05) is 60.3 Å². The van der Waals surface area contributed by atoms with Gasteiger partial charge in [0.05, 0.1) is 17.0 Å². The van der Waals surface area contributed by atoms with Crippen LogP contribution < -0.4 is 5.56 Å². The van der Waals surface area contributed by atoms with Gasteiger partial charge >= 0.3 is 0 Å². The number of hydrogen-bond acceptors (Lipinski definition) is 6. The predicted octanol–water partition coefficient (Wildman–Crippen LogP) is 4.58. The van der Waals surface area contributed by atoms with E-state index in [0.29, 0.717) is 23.3 Å². The van der Waals surface area contributed by atoms with Gasteiger partial charge in [0.25, 0.3) is 5.56 Å². The Bertz CT molecular complexity index is 1270. The van der Waals surface area contributed by atoms with Gasteiger partial charge in [0.1, 0.15) is 5.76 Å². The summed E-state index contributed by atoms with van der Waals surface area (Å²) in [7, 11) is 0. The molecule has 6 nitrogen and oxygen atoms in total. The number of aromatic amines is 1. The molecular formula is C25H24N4O2S. The quantitative estimate of drug-likeness (QED) is 0.346. The molecule has 5 rings (SSSR count). The Labute approximate surface area is 190 Å². The first-order chi connectivity index (χ1) is 15.7. The predicted molar refractivity (Wildman–Crippen MR) is 125 cm³/mol. The number of H-pyrrole nitrogens is 1. The second-order valence-electron chi connectivity index (χ2n) is 7.92. The zero-order valence-electron chi connectivity index (χ0n) is 17.9. The molecule has 0 spiro atoms. The Morgan fingerprint density at radius 2 is 1.81 bits per heavy atom. The number of hydrogen-bond donors (Lipinski definition) is 1. The van der Waals surface area contributed by atoms with Crippen LogP contribution >= 0.6 is 11.8 Å². The summed E-state index contributed by atoms with van der Waals surface area (Å²) in [6, 6.07) is 20.2. The van der Waals surface area contributed by atoms with Gasteiger partial charge in [-0.25, -0.2) is 9.97 Å². The maximum absolute atomic E-state index is 12.8. The van der Waals surface area contributed by atoms with E-state index in [-0.39, 0.29) is 5.56 Å². The van der Waals surface area contributed by atoms with E-state index in [2.05, 4.69) is 27.0 Å². The van der Waals surface area contributed by atoms with Crippen LogP contribution in [0.15, 0.2) is 75.0 Å². The van der Waals surface area contributed by atoms with Crippen molar-refractivity contribution in [1.82, 2.24) is 19.9 Å². The summed E-state index contributed by atoms with van der Waals surface area (Å²) in [4.78, 5) is 27.4. The van der Waals surface area contributed by atoms with Crippen LogP contribution in [0.25, 0.3) is 11.5 Å². The number of aryl methyl sites for hydroxylation is 1. The Morgan fingerprint density at radius 1 is 1.06 bits per heavy atom. The molecular weight excluding hydrogens is 420 g/mol. The number of nitrogens with zero attached hydrogens (tertiary/aromatic N) is 3. The minimum absolute atomic E-state index is 0.0443. The highest BCUT2D eigenvalue weighted by Crippen LogP contribution is 2.26. The van der Waals surface area contributed by atoms with Gasteiger partial charge in [-0.15, -0.1) is 0 Å². The molecule has 0 aliphatic carbocycles. The van der Waals surface area contributed by atoms with Crippen LogP contribution in [0.2, 0.25) is 0 Å². The van der Waals surface area contributed by atoms with E-state index in [1.807, 2.05) is 55.5 Å². The van der Waals surface area contributed by atoms with Gasteiger partial charge in [-0.05, 0) is 24.6 Å². The van der Waals surface area contributed by atoms with Crippen LogP contribution in [0.4, 0.5) is 0 Å². The van der Waals surface area contributed by atoms with E-state index in [1.165, 1.54) is 17.3 Å². The van der Waals surface area contributed by atoms with Crippen molar-refractivity contribution in [2.45, 2.75) is 37.3 Å². The number of benzene rings is 2. The SMILES string of the molecule is Cc1oc(-c2ccccc2)nc1CSc1nc2c(c(=O)[nH]1)CN(Cc1ccccc1)CC2. The molecule has 2 aromatic heterocycles. The second kappa shape index (κ2) is 9.14. The van der Waals surface area contributed by atoms with E-state index in [1.54, 1.807) is 0 Å². The summed E-state index contributed by atoms with van der Waals surface area (Å²) in [5.41, 5.74) is 4.71. The molecule has 7 heteroatoms. The Morgan fingerprint density at radius 3 is 2.59 bits per heavy atom. The van der Waals surface area contributed by atoms with Crippen LogP contribution in [-0.2, 0) is 25.3 Å². The summed E-state index contributed by atoms with van der Waals surface area (Å²) >= 11 is 1.48. The lowest BCUT2D eigenvalue weighted by Crippen LogP contribution is -2.35. The van der Waals surface area contributed by atoms with Crippen LogP contribution in [0.1, 0.15) is 28.3 Å². The van der Waals surface area contributed by atoms with Crippen molar-refractivity contribution in [3.05, 3.63) is 99.3 Å². The van der Waals surface area contributed by atoms with E-state index in [4.69, 9.17) is 9.40 Å². The van der Waals surface area contributed by atoms with Crippen LogP contribution in [0.5, 0.6) is 0 Å². The molecule has 0 radical (unpaired) electrons. The first-order valence-electron chi connectivity index (χ1n) is 10.7. The first-order valence-corrected chi connectivity index (χ1v) is 11.7. The van der Waals surface area contributed by atoms with E-state index >= 15 is 0 Å². The second-order valence-corrected chi connectivity index (χ2v) is 8.88. The number of rotatable bonds is 6. The molecule has 2 aromatic carbocycles.